The number of halogens is 2. The van der Waals surface area contributed by atoms with Gasteiger partial charge in [0.1, 0.15) is 0 Å². The van der Waals surface area contributed by atoms with Gasteiger partial charge < -0.3 is 5.32 Å². The molecule has 5 heteroatoms. The highest BCUT2D eigenvalue weighted by Gasteiger charge is 2.17. The van der Waals surface area contributed by atoms with Crippen molar-refractivity contribution in [3.63, 3.8) is 0 Å². The van der Waals surface area contributed by atoms with Crippen LogP contribution in [0.3, 0.4) is 0 Å². The van der Waals surface area contributed by atoms with Gasteiger partial charge in [0.05, 0.1) is 16.4 Å². The monoisotopic (exact) mass is 355 g/mol. The van der Waals surface area contributed by atoms with Crippen molar-refractivity contribution in [1.82, 2.24) is 15.1 Å². The summed E-state index contributed by atoms with van der Waals surface area (Å²) >= 11 is 9.93. The molecule has 3 nitrogen and oxygen atoms in total. The molecule has 0 amide bonds. The Bertz CT molecular complexity index is 622. The van der Waals surface area contributed by atoms with Gasteiger partial charge in [-0.15, -0.1) is 0 Å². The Morgan fingerprint density at radius 1 is 1.40 bits per heavy atom. The van der Waals surface area contributed by atoms with Crippen molar-refractivity contribution in [3.8, 4) is 0 Å². The summed E-state index contributed by atoms with van der Waals surface area (Å²) in [5, 5.41) is 8.49. The molecule has 2 rings (SSSR count). The van der Waals surface area contributed by atoms with Crippen LogP contribution in [-0.2, 0) is 13.5 Å². The second-order valence-electron chi connectivity index (χ2n) is 5.02. The van der Waals surface area contributed by atoms with Crippen LogP contribution in [0.15, 0.2) is 22.7 Å². The zero-order valence-electron chi connectivity index (χ0n) is 12.2. The molecule has 0 aliphatic carbocycles. The average Bonchev–Trinajstić information content (AvgIpc) is 2.65. The summed E-state index contributed by atoms with van der Waals surface area (Å²) < 4.78 is 2.99. The minimum atomic E-state index is 0.208. The molecule has 108 valence electrons. The first-order valence-corrected chi connectivity index (χ1v) is 7.72. The third kappa shape index (κ3) is 3.08. The fourth-order valence-electron chi connectivity index (χ4n) is 2.31. The molecular formula is C15H19BrClN3. The smallest absolute Gasteiger partial charge is 0.0847 e. The third-order valence-electron chi connectivity index (χ3n) is 3.61. The molecule has 0 aliphatic heterocycles. The van der Waals surface area contributed by atoms with Gasteiger partial charge >= 0.3 is 0 Å². The Balaban J connectivity index is 2.31. The molecule has 1 aromatic heterocycles. The summed E-state index contributed by atoms with van der Waals surface area (Å²) in [6.07, 6.45) is 0.808. The van der Waals surface area contributed by atoms with Gasteiger partial charge in [-0.25, -0.2) is 0 Å². The summed E-state index contributed by atoms with van der Waals surface area (Å²) in [4.78, 5) is 0. The maximum absolute atomic E-state index is 6.34. The van der Waals surface area contributed by atoms with E-state index >= 15 is 0 Å². The number of rotatable bonds is 4. The van der Waals surface area contributed by atoms with Crippen molar-refractivity contribution in [3.05, 3.63) is 50.2 Å². The Labute approximate surface area is 133 Å². The normalized spacial score (nSPS) is 12.7. The molecule has 1 aromatic carbocycles. The van der Waals surface area contributed by atoms with E-state index < -0.39 is 0 Å². The van der Waals surface area contributed by atoms with Crippen LogP contribution >= 0.6 is 27.5 Å². The SMILES string of the molecule is CNC(Cc1c(Cl)c(C)nn1C)c1ccc(C)c(Br)c1. The molecule has 0 aliphatic rings. The van der Waals surface area contributed by atoms with Gasteiger partial charge in [0.25, 0.3) is 0 Å². The predicted molar refractivity (Wildman–Crippen MR) is 87.3 cm³/mol. The van der Waals surface area contributed by atoms with E-state index in [1.165, 1.54) is 11.1 Å². The highest BCUT2D eigenvalue weighted by Crippen LogP contribution is 2.27. The molecule has 0 saturated carbocycles. The Kier molecular flexibility index (Phi) is 4.89. The highest BCUT2D eigenvalue weighted by molar-refractivity contribution is 9.10. The van der Waals surface area contributed by atoms with Crippen molar-refractivity contribution in [2.75, 3.05) is 7.05 Å². The van der Waals surface area contributed by atoms with E-state index in [-0.39, 0.29) is 6.04 Å². The molecule has 2 aromatic rings. The van der Waals surface area contributed by atoms with Crippen LogP contribution in [0.5, 0.6) is 0 Å². The predicted octanol–water partition coefficient (Wildman–Crippen LogP) is 3.96. The summed E-state index contributed by atoms with van der Waals surface area (Å²) in [6.45, 7) is 4.02. The van der Waals surface area contributed by atoms with E-state index in [4.69, 9.17) is 11.6 Å². The standard InChI is InChI=1S/C15H19BrClN3/c1-9-5-6-11(7-12(9)16)13(18-3)8-14-15(17)10(2)19-20(14)4/h5-7,13,18H,8H2,1-4H3. The first-order chi connectivity index (χ1) is 9.43. The first-order valence-electron chi connectivity index (χ1n) is 6.55. The highest BCUT2D eigenvalue weighted by atomic mass is 79.9. The van der Waals surface area contributed by atoms with Crippen molar-refractivity contribution in [1.29, 1.82) is 0 Å². The number of nitrogens with one attached hydrogen (secondary N) is 1. The van der Waals surface area contributed by atoms with Gasteiger partial charge in [0.15, 0.2) is 0 Å². The number of nitrogens with zero attached hydrogens (tertiary/aromatic N) is 2. The summed E-state index contributed by atoms with van der Waals surface area (Å²) in [5.41, 5.74) is 4.40. The molecular weight excluding hydrogens is 338 g/mol. The fourth-order valence-corrected chi connectivity index (χ4v) is 2.94. The summed E-state index contributed by atoms with van der Waals surface area (Å²) in [6, 6.07) is 6.64. The van der Waals surface area contributed by atoms with Crippen molar-refractivity contribution in [2.45, 2.75) is 26.3 Å². The van der Waals surface area contributed by atoms with Gasteiger partial charge in [-0.3, -0.25) is 4.68 Å². The van der Waals surface area contributed by atoms with Crippen LogP contribution in [0, 0.1) is 13.8 Å². The van der Waals surface area contributed by atoms with E-state index in [0.717, 1.165) is 27.3 Å². The number of hydrogen-bond donors (Lipinski definition) is 1. The fraction of sp³-hybridized carbons (Fsp3) is 0.400. The van der Waals surface area contributed by atoms with E-state index in [1.807, 2.05) is 25.7 Å². The maximum atomic E-state index is 6.34. The molecule has 0 spiro atoms. The molecule has 0 radical (unpaired) electrons. The van der Waals surface area contributed by atoms with E-state index in [9.17, 15) is 0 Å². The second kappa shape index (κ2) is 6.29. The van der Waals surface area contributed by atoms with Crippen molar-refractivity contribution >= 4 is 27.5 Å². The Morgan fingerprint density at radius 2 is 2.10 bits per heavy atom. The van der Waals surface area contributed by atoms with Crippen LogP contribution < -0.4 is 5.32 Å². The molecule has 0 saturated heterocycles. The largest absolute Gasteiger partial charge is 0.313 e. The first kappa shape index (κ1) is 15.5. The van der Waals surface area contributed by atoms with Crippen LogP contribution in [0.1, 0.15) is 28.6 Å². The van der Waals surface area contributed by atoms with Gasteiger partial charge in [0.2, 0.25) is 0 Å². The quantitative estimate of drug-likeness (QED) is 0.899. The van der Waals surface area contributed by atoms with E-state index in [0.29, 0.717) is 0 Å². The molecule has 1 unspecified atom stereocenters. The molecule has 1 atom stereocenters. The molecule has 0 bridgehead atoms. The van der Waals surface area contributed by atoms with Crippen molar-refractivity contribution < 1.29 is 0 Å². The third-order valence-corrected chi connectivity index (χ3v) is 4.95. The second-order valence-corrected chi connectivity index (χ2v) is 6.26. The summed E-state index contributed by atoms with van der Waals surface area (Å²) in [7, 11) is 3.90. The Morgan fingerprint density at radius 3 is 2.60 bits per heavy atom. The average molecular weight is 357 g/mol. The zero-order valence-corrected chi connectivity index (χ0v) is 14.5. The number of likely N-dealkylation sites (N-methyl/N-ethyl adjacent to an activating group) is 1. The lowest BCUT2D eigenvalue weighted by Crippen LogP contribution is -2.20. The Hall–Kier alpha value is -0.840. The van der Waals surface area contributed by atoms with E-state index in [1.54, 1.807) is 0 Å². The van der Waals surface area contributed by atoms with E-state index in [2.05, 4.69) is 51.5 Å². The maximum Gasteiger partial charge on any atom is 0.0847 e. The minimum absolute atomic E-state index is 0.208. The van der Waals surface area contributed by atoms with Crippen LogP contribution in [0.25, 0.3) is 0 Å². The number of benzene rings is 1. The van der Waals surface area contributed by atoms with Crippen LogP contribution in [0.2, 0.25) is 5.02 Å². The molecule has 1 heterocycles. The molecule has 1 N–H and O–H groups in total. The van der Waals surface area contributed by atoms with Crippen LogP contribution in [-0.4, -0.2) is 16.8 Å². The van der Waals surface area contributed by atoms with Gasteiger partial charge in [-0.2, -0.15) is 5.10 Å². The number of hydrogen-bond acceptors (Lipinski definition) is 2. The van der Waals surface area contributed by atoms with Gasteiger partial charge in [0, 0.05) is 24.0 Å². The molecule has 0 fully saturated rings. The lowest BCUT2D eigenvalue weighted by molar-refractivity contribution is 0.561. The van der Waals surface area contributed by atoms with Gasteiger partial charge in [-0.05, 0) is 38.1 Å². The lowest BCUT2D eigenvalue weighted by Gasteiger charge is -2.18. The lowest BCUT2D eigenvalue weighted by atomic mass is 10.0. The zero-order chi connectivity index (χ0) is 14.9. The van der Waals surface area contributed by atoms with Crippen molar-refractivity contribution in [2.24, 2.45) is 7.05 Å². The van der Waals surface area contributed by atoms with Crippen LogP contribution in [0.4, 0.5) is 0 Å². The summed E-state index contributed by atoms with van der Waals surface area (Å²) in [5.74, 6) is 0. The topological polar surface area (TPSA) is 29.9 Å². The number of aryl methyl sites for hydroxylation is 3. The van der Waals surface area contributed by atoms with Gasteiger partial charge in [-0.1, -0.05) is 39.7 Å². The number of aromatic nitrogens is 2. The minimum Gasteiger partial charge on any atom is -0.313 e. The molecule has 20 heavy (non-hydrogen) atoms.